The van der Waals surface area contributed by atoms with Crippen molar-refractivity contribution >= 4 is 5.91 Å². The summed E-state index contributed by atoms with van der Waals surface area (Å²) < 4.78 is 11.2. The number of amides is 1. The minimum atomic E-state index is -0.561. The third kappa shape index (κ3) is 5.73. The van der Waals surface area contributed by atoms with Gasteiger partial charge in [-0.15, -0.1) is 0 Å². The Labute approximate surface area is 210 Å². The first kappa shape index (κ1) is 25.4. The molecule has 2 aromatic carbocycles. The molecule has 9 heteroatoms. The minimum Gasteiger partial charge on any atom is -0.490 e. The van der Waals surface area contributed by atoms with Crippen LogP contribution in [0.25, 0.3) is 22.8 Å². The zero-order valence-corrected chi connectivity index (χ0v) is 21.0. The number of aromatic nitrogens is 2. The SMILES string of the molecule is Cc1c(-c2noc(-c3ccc(OC(C)C)c(C#N)c3)n2)ccc2c1CCN(CC(=O)NCC(C)O)C2. The molecule has 1 amide bonds. The second-order valence-corrected chi connectivity index (χ2v) is 9.40. The number of hydrogen-bond donors (Lipinski definition) is 2. The Kier molecular flexibility index (Phi) is 7.67. The number of rotatable bonds is 8. The second-order valence-electron chi connectivity index (χ2n) is 9.40. The number of aliphatic hydroxyl groups excluding tert-OH is 1. The number of hydrogen-bond acceptors (Lipinski definition) is 8. The van der Waals surface area contributed by atoms with Crippen LogP contribution in [0.1, 0.15) is 43.0 Å². The monoisotopic (exact) mass is 489 g/mol. The number of ether oxygens (including phenoxy) is 1. The molecular formula is C27H31N5O4. The van der Waals surface area contributed by atoms with Crippen molar-refractivity contribution in [3.8, 4) is 34.7 Å². The number of nitrogens with one attached hydrogen (secondary N) is 1. The highest BCUT2D eigenvalue weighted by molar-refractivity contribution is 5.78. The van der Waals surface area contributed by atoms with Crippen LogP contribution < -0.4 is 10.1 Å². The van der Waals surface area contributed by atoms with Crippen molar-refractivity contribution in [1.29, 1.82) is 5.26 Å². The summed E-state index contributed by atoms with van der Waals surface area (Å²) in [5.41, 5.74) is 5.47. The lowest BCUT2D eigenvalue weighted by Crippen LogP contribution is -2.41. The lowest BCUT2D eigenvalue weighted by molar-refractivity contribution is -0.122. The average molecular weight is 490 g/mol. The lowest BCUT2D eigenvalue weighted by Gasteiger charge is -2.29. The third-order valence-corrected chi connectivity index (χ3v) is 6.11. The van der Waals surface area contributed by atoms with Crippen molar-refractivity contribution in [2.24, 2.45) is 0 Å². The molecule has 1 aliphatic rings. The van der Waals surface area contributed by atoms with Gasteiger partial charge in [-0.3, -0.25) is 9.69 Å². The Hall–Kier alpha value is -3.74. The van der Waals surface area contributed by atoms with Gasteiger partial charge in [-0.25, -0.2) is 0 Å². The summed E-state index contributed by atoms with van der Waals surface area (Å²) in [6.07, 6.45) is 0.213. The zero-order valence-electron chi connectivity index (χ0n) is 21.0. The number of nitriles is 1. The number of aliphatic hydroxyl groups is 1. The maximum Gasteiger partial charge on any atom is 0.258 e. The van der Waals surface area contributed by atoms with E-state index in [1.807, 2.05) is 26.0 Å². The smallest absolute Gasteiger partial charge is 0.258 e. The molecule has 0 saturated carbocycles. The van der Waals surface area contributed by atoms with Crippen molar-refractivity contribution in [3.63, 3.8) is 0 Å². The van der Waals surface area contributed by atoms with Gasteiger partial charge < -0.3 is 19.7 Å². The Bertz CT molecular complexity index is 1290. The van der Waals surface area contributed by atoms with Crippen LogP contribution in [0.2, 0.25) is 0 Å². The van der Waals surface area contributed by atoms with E-state index in [1.165, 1.54) is 11.1 Å². The molecule has 1 unspecified atom stereocenters. The molecule has 4 rings (SSSR count). The van der Waals surface area contributed by atoms with Gasteiger partial charge in [0.1, 0.15) is 11.8 Å². The number of carbonyl (C=O) groups excluding carboxylic acids is 1. The maximum atomic E-state index is 12.1. The first-order chi connectivity index (χ1) is 17.2. The largest absolute Gasteiger partial charge is 0.490 e. The molecule has 9 nitrogen and oxygen atoms in total. The Balaban J connectivity index is 1.51. The van der Waals surface area contributed by atoms with Gasteiger partial charge in [0.25, 0.3) is 5.89 Å². The van der Waals surface area contributed by atoms with Crippen molar-refractivity contribution in [3.05, 3.63) is 52.6 Å². The van der Waals surface area contributed by atoms with Gasteiger partial charge in [0.05, 0.1) is 24.3 Å². The quantitative estimate of drug-likeness (QED) is 0.494. The summed E-state index contributed by atoms with van der Waals surface area (Å²) in [7, 11) is 0. The van der Waals surface area contributed by atoms with Crippen molar-refractivity contribution in [1.82, 2.24) is 20.4 Å². The molecule has 1 atom stereocenters. The van der Waals surface area contributed by atoms with Crippen molar-refractivity contribution < 1.29 is 19.2 Å². The summed E-state index contributed by atoms with van der Waals surface area (Å²) >= 11 is 0. The fourth-order valence-electron chi connectivity index (χ4n) is 4.35. The summed E-state index contributed by atoms with van der Waals surface area (Å²) in [5, 5.41) is 25.8. The first-order valence-electron chi connectivity index (χ1n) is 12.1. The van der Waals surface area contributed by atoms with E-state index in [9.17, 15) is 15.2 Å². The highest BCUT2D eigenvalue weighted by Gasteiger charge is 2.23. The molecule has 2 heterocycles. The highest BCUT2D eigenvalue weighted by atomic mass is 16.5. The Morgan fingerprint density at radius 2 is 2.11 bits per heavy atom. The van der Waals surface area contributed by atoms with Crippen LogP contribution in [-0.2, 0) is 17.8 Å². The predicted octanol–water partition coefficient (Wildman–Crippen LogP) is 3.23. The summed E-state index contributed by atoms with van der Waals surface area (Å²) in [5.74, 6) is 1.27. The van der Waals surface area contributed by atoms with E-state index in [2.05, 4.69) is 39.4 Å². The fraction of sp³-hybridized carbons (Fsp3) is 0.407. The van der Waals surface area contributed by atoms with Crippen molar-refractivity contribution in [2.45, 2.75) is 52.9 Å². The molecule has 0 aliphatic carbocycles. The lowest BCUT2D eigenvalue weighted by atomic mass is 9.91. The van der Waals surface area contributed by atoms with Crippen molar-refractivity contribution in [2.75, 3.05) is 19.6 Å². The number of benzene rings is 2. The first-order valence-corrected chi connectivity index (χ1v) is 12.1. The number of nitrogens with zero attached hydrogens (tertiary/aromatic N) is 4. The molecule has 36 heavy (non-hydrogen) atoms. The summed E-state index contributed by atoms with van der Waals surface area (Å²) in [4.78, 5) is 18.8. The normalized spacial score (nSPS) is 14.2. The van der Waals surface area contributed by atoms with Crippen LogP contribution in [0.15, 0.2) is 34.9 Å². The zero-order chi connectivity index (χ0) is 25.8. The fourth-order valence-corrected chi connectivity index (χ4v) is 4.35. The molecular weight excluding hydrogens is 458 g/mol. The van der Waals surface area contributed by atoms with E-state index in [0.29, 0.717) is 41.7 Å². The van der Waals surface area contributed by atoms with Gasteiger partial charge in [0.2, 0.25) is 11.7 Å². The summed E-state index contributed by atoms with van der Waals surface area (Å²) in [6, 6.07) is 11.5. The van der Waals surface area contributed by atoms with E-state index in [0.717, 1.165) is 24.1 Å². The minimum absolute atomic E-state index is 0.0377. The van der Waals surface area contributed by atoms with Crippen LogP contribution in [0.4, 0.5) is 0 Å². The number of carbonyl (C=O) groups is 1. The van der Waals surface area contributed by atoms with Gasteiger partial charge in [-0.1, -0.05) is 17.3 Å². The van der Waals surface area contributed by atoms with E-state index in [4.69, 9.17) is 9.26 Å². The van der Waals surface area contributed by atoms with Crippen LogP contribution in [0.3, 0.4) is 0 Å². The Morgan fingerprint density at radius 1 is 1.31 bits per heavy atom. The van der Waals surface area contributed by atoms with Crippen LogP contribution in [0, 0.1) is 18.3 Å². The molecule has 0 radical (unpaired) electrons. The molecule has 188 valence electrons. The molecule has 2 N–H and O–H groups in total. The molecule has 0 saturated heterocycles. The Morgan fingerprint density at radius 3 is 2.83 bits per heavy atom. The molecule has 0 spiro atoms. The highest BCUT2D eigenvalue weighted by Crippen LogP contribution is 2.32. The molecule has 1 aromatic heterocycles. The second kappa shape index (κ2) is 10.9. The molecule has 3 aromatic rings. The standard InChI is InChI=1S/C27H31N5O4/c1-16(2)35-24-8-6-19(11-21(24)12-28)27-30-26(31-36-27)23-7-5-20-14-32(10-9-22(20)18(23)4)15-25(34)29-13-17(3)33/h5-8,11,16-17,33H,9-10,13-15H2,1-4H3,(H,29,34). The van der Waals surface area contributed by atoms with E-state index < -0.39 is 6.10 Å². The van der Waals surface area contributed by atoms with Crippen LogP contribution in [0.5, 0.6) is 5.75 Å². The molecule has 0 bridgehead atoms. The van der Waals surface area contributed by atoms with Gasteiger partial charge in [0, 0.05) is 30.8 Å². The van der Waals surface area contributed by atoms with Gasteiger partial charge in [0.15, 0.2) is 0 Å². The third-order valence-electron chi connectivity index (χ3n) is 6.11. The van der Waals surface area contributed by atoms with E-state index in [-0.39, 0.29) is 18.6 Å². The van der Waals surface area contributed by atoms with Crippen LogP contribution in [-0.4, -0.2) is 57.9 Å². The van der Waals surface area contributed by atoms with E-state index in [1.54, 1.807) is 19.1 Å². The maximum absolute atomic E-state index is 12.1. The molecule has 0 fully saturated rings. The van der Waals surface area contributed by atoms with Crippen LogP contribution >= 0.6 is 0 Å². The topological polar surface area (TPSA) is 125 Å². The van der Waals surface area contributed by atoms with Gasteiger partial charge in [-0.05, 0) is 69.0 Å². The number of fused-ring (bicyclic) bond motifs is 1. The summed E-state index contributed by atoms with van der Waals surface area (Å²) in [6.45, 7) is 9.52. The predicted molar refractivity (Wildman–Crippen MR) is 134 cm³/mol. The van der Waals surface area contributed by atoms with E-state index >= 15 is 0 Å². The van der Waals surface area contributed by atoms with Gasteiger partial charge in [-0.2, -0.15) is 10.2 Å². The van der Waals surface area contributed by atoms with Gasteiger partial charge >= 0.3 is 0 Å². The molecule has 1 aliphatic heterocycles. The average Bonchev–Trinajstić information content (AvgIpc) is 3.33.